The molecule has 0 bridgehead atoms. The summed E-state index contributed by atoms with van der Waals surface area (Å²) < 4.78 is 6.55. The van der Waals surface area contributed by atoms with Gasteiger partial charge in [0, 0.05) is 12.0 Å². The van der Waals surface area contributed by atoms with Crippen LogP contribution in [0.2, 0.25) is 0 Å². The van der Waals surface area contributed by atoms with Gasteiger partial charge in [0.05, 0.1) is 23.7 Å². The third-order valence-corrected chi connectivity index (χ3v) is 7.12. The lowest BCUT2D eigenvalue weighted by atomic mass is 9.91. The number of benzene rings is 2. The number of para-hydroxylation sites is 1. The Morgan fingerprint density at radius 2 is 1.88 bits per heavy atom. The number of aryl methyl sites for hydroxylation is 1. The van der Waals surface area contributed by atoms with Gasteiger partial charge in [0.2, 0.25) is 17.7 Å². The average molecular weight is 547 g/mol. The molecule has 2 aliphatic heterocycles. The second-order valence-corrected chi connectivity index (χ2v) is 9.70. The molecule has 2 aliphatic rings. The van der Waals surface area contributed by atoms with Gasteiger partial charge in [-0.1, -0.05) is 24.3 Å². The summed E-state index contributed by atoms with van der Waals surface area (Å²) in [6.07, 6.45) is 0.197. The molecule has 2 aromatic carbocycles. The fourth-order valence-electron chi connectivity index (χ4n) is 5.17. The van der Waals surface area contributed by atoms with Crippen LogP contribution in [-0.4, -0.2) is 57.8 Å². The molecular weight excluding hydrogens is 520 g/mol. The predicted octanol–water partition coefficient (Wildman–Crippen LogP) is 1.10. The summed E-state index contributed by atoms with van der Waals surface area (Å²) in [5.41, 5.74) is -1.22. The molecule has 2 unspecified atom stereocenters. The molecule has 13 heteroatoms. The summed E-state index contributed by atoms with van der Waals surface area (Å²) in [7, 11) is 1.45. The second-order valence-electron chi connectivity index (χ2n) is 9.70. The lowest BCUT2D eigenvalue weighted by Gasteiger charge is -2.25. The van der Waals surface area contributed by atoms with Crippen LogP contribution >= 0.6 is 0 Å². The summed E-state index contributed by atoms with van der Waals surface area (Å²) in [5.74, 6) is -1.74. The van der Waals surface area contributed by atoms with Gasteiger partial charge in [-0.2, -0.15) is 0 Å². The minimum atomic E-state index is -1.46. The van der Waals surface area contributed by atoms with Crippen LogP contribution in [0.3, 0.4) is 0 Å². The second kappa shape index (κ2) is 9.91. The van der Waals surface area contributed by atoms with Gasteiger partial charge in [0.15, 0.2) is 0 Å². The van der Waals surface area contributed by atoms with E-state index in [0.717, 1.165) is 4.90 Å². The summed E-state index contributed by atoms with van der Waals surface area (Å²) in [6, 6.07) is 9.71. The van der Waals surface area contributed by atoms with E-state index in [9.17, 15) is 28.8 Å². The van der Waals surface area contributed by atoms with Crippen LogP contribution in [-0.2, 0) is 24.7 Å². The summed E-state index contributed by atoms with van der Waals surface area (Å²) >= 11 is 0. The highest BCUT2D eigenvalue weighted by Crippen LogP contribution is 2.34. The van der Waals surface area contributed by atoms with E-state index in [1.807, 2.05) is 0 Å². The van der Waals surface area contributed by atoms with E-state index in [4.69, 9.17) is 4.74 Å². The fourth-order valence-corrected chi connectivity index (χ4v) is 5.17. The number of amides is 6. The first kappa shape index (κ1) is 26.5. The van der Waals surface area contributed by atoms with E-state index in [-0.39, 0.29) is 35.3 Å². The number of ether oxygens (including phenoxy) is 1. The largest absolute Gasteiger partial charge is 0.496 e. The number of methoxy groups -OCH3 is 1. The van der Waals surface area contributed by atoms with Crippen molar-refractivity contribution in [2.24, 2.45) is 0 Å². The summed E-state index contributed by atoms with van der Waals surface area (Å²) in [5, 5.41) is 7.52. The molecule has 2 atom stereocenters. The van der Waals surface area contributed by atoms with Crippen molar-refractivity contribution in [3.8, 4) is 5.75 Å². The first-order valence-corrected chi connectivity index (χ1v) is 12.5. The molecule has 2 saturated heterocycles. The lowest BCUT2D eigenvalue weighted by Crippen LogP contribution is -2.45. The van der Waals surface area contributed by atoms with Crippen LogP contribution in [0.15, 0.2) is 47.3 Å². The van der Waals surface area contributed by atoms with E-state index in [1.54, 1.807) is 43.3 Å². The number of nitrogens with one attached hydrogen (secondary N) is 3. The Morgan fingerprint density at radius 1 is 1.12 bits per heavy atom. The van der Waals surface area contributed by atoms with Crippen molar-refractivity contribution >= 4 is 46.3 Å². The molecule has 0 aliphatic carbocycles. The minimum Gasteiger partial charge on any atom is -0.496 e. The van der Waals surface area contributed by atoms with Gasteiger partial charge in [-0.25, -0.2) is 9.78 Å². The van der Waals surface area contributed by atoms with E-state index in [0.29, 0.717) is 11.3 Å². The van der Waals surface area contributed by atoms with Gasteiger partial charge < -0.3 is 15.4 Å². The van der Waals surface area contributed by atoms with Gasteiger partial charge in [-0.15, -0.1) is 0 Å². The molecule has 3 heterocycles. The highest BCUT2D eigenvalue weighted by Gasteiger charge is 2.50. The number of rotatable bonds is 6. The first-order valence-electron chi connectivity index (χ1n) is 12.5. The van der Waals surface area contributed by atoms with Gasteiger partial charge in [-0.05, 0) is 38.5 Å². The smallest absolute Gasteiger partial charge is 0.325 e. The SMILES string of the molecule is COc1ccccc1C1(C)NC(=O)N(CC(=O)Nc2cccc3nc(C)n(C4CCC(=O)NC4=O)c(=O)c23)C1=O. The molecule has 6 amide bonds. The monoisotopic (exact) mass is 546 g/mol. The molecule has 40 heavy (non-hydrogen) atoms. The molecule has 2 fully saturated rings. The van der Waals surface area contributed by atoms with Crippen molar-refractivity contribution in [3.63, 3.8) is 0 Å². The number of piperidine rings is 1. The van der Waals surface area contributed by atoms with Crippen molar-refractivity contribution in [2.45, 2.75) is 38.3 Å². The van der Waals surface area contributed by atoms with Crippen LogP contribution in [0.25, 0.3) is 10.9 Å². The van der Waals surface area contributed by atoms with Crippen molar-refractivity contribution in [3.05, 3.63) is 64.2 Å². The Balaban J connectivity index is 1.43. The molecular formula is C27H26N6O7. The average Bonchev–Trinajstić information content (AvgIpc) is 3.13. The van der Waals surface area contributed by atoms with Gasteiger partial charge in [0.25, 0.3) is 11.5 Å². The van der Waals surface area contributed by atoms with Crippen LogP contribution in [0, 0.1) is 6.92 Å². The number of nitrogens with zero attached hydrogens (tertiary/aromatic N) is 3. The Kier molecular flexibility index (Phi) is 6.57. The standard InChI is InChI=1S/C27H26N6O7/c1-14-28-16-8-6-9-17(22(16)24(37)33(14)18-11-12-20(34)30-23(18)36)29-21(35)13-32-25(38)27(2,31-26(32)39)15-7-4-5-10-19(15)40-3/h4-10,18H,11-13H2,1-3H3,(H,29,35)(H,31,39)(H,30,34,36). The maximum Gasteiger partial charge on any atom is 0.325 e. The third-order valence-electron chi connectivity index (χ3n) is 7.12. The molecule has 0 saturated carbocycles. The maximum absolute atomic E-state index is 13.6. The van der Waals surface area contributed by atoms with Crippen LogP contribution in [0.1, 0.15) is 37.2 Å². The van der Waals surface area contributed by atoms with Crippen molar-refractivity contribution in [1.82, 2.24) is 25.1 Å². The lowest BCUT2D eigenvalue weighted by molar-refractivity contribution is -0.136. The number of anilines is 1. The Hall–Kier alpha value is -5.07. The Morgan fingerprint density at radius 3 is 2.60 bits per heavy atom. The number of carbonyl (C=O) groups excluding carboxylic acids is 5. The van der Waals surface area contributed by atoms with E-state index < -0.39 is 53.3 Å². The summed E-state index contributed by atoms with van der Waals surface area (Å²) in [6.45, 7) is 2.48. The Bertz CT molecular complexity index is 1660. The number of hydrogen-bond donors (Lipinski definition) is 3. The Labute approximate surface area is 227 Å². The molecule has 1 aromatic heterocycles. The van der Waals surface area contributed by atoms with Crippen LogP contribution in [0.4, 0.5) is 10.5 Å². The number of urea groups is 1. The van der Waals surface area contributed by atoms with Gasteiger partial charge in [-0.3, -0.25) is 38.8 Å². The molecule has 5 rings (SSSR count). The van der Waals surface area contributed by atoms with Crippen molar-refractivity contribution < 1.29 is 28.7 Å². The van der Waals surface area contributed by atoms with E-state index >= 15 is 0 Å². The molecule has 206 valence electrons. The topological polar surface area (TPSA) is 169 Å². The van der Waals surface area contributed by atoms with Crippen LogP contribution < -0.4 is 26.2 Å². The summed E-state index contributed by atoms with van der Waals surface area (Å²) in [4.78, 5) is 82.1. The molecule has 0 spiro atoms. The first-order chi connectivity index (χ1) is 19.0. The maximum atomic E-state index is 13.6. The highest BCUT2D eigenvalue weighted by molar-refractivity contribution is 6.11. The quantitative estimate of drug-likeness (QED) is 0.305. The normalized spacial score (nSPS) is 20.9. The van der Waals surface area contributed by atoms with Gasteiger partial charge in [0.1, 0.15) is 29.7 Å². The number of imide groups is 2. The zero-order chi connectivity index (χ0) is 28.8. The zero-order valence-electron chi connectivity index (χ0n) is 21.9. The van der Waals surface area contributed by atoms with E-state index in [2.05, 4.69) is 20.9 Å². The highest BCUT2D eigenvalue weighted by atomic mass is 16.5. The minimum absolute atomic E-state index is 0.0437. The number of carbonyl (C=O) groups is 5. The molecule has 0 radical (unpaired) electrons. The molecule has 3 aromatic rings. The fraction of sp³-hybridized carbons (Fsp3) is 0.296. The van der Waals surface area contributed by atoms with Crippen LogP contribution in [0.5, 0.6) is 5.75 Å². The number of fused-ring (bicyclic) bond motifs is 1. The van der Waals surface area contributed by atoms with Crippen molar-refractivity contribution in [1.29, 1.82) is 0 Å². The molecule has 13 nitrogen and oxygen atoms in total. The number of hydrogen-bond acceptors (Lipinski definition) is 8. The molecule has 3 N–H and O–H groups in total. The van der Waals surface area contributed by atoms with E-state index in [1.165, 1.54) is 24.7 Å². The predicted molar refractivity (Wildman–Crippen MR) is 141 cm³/mol. The number of aromatic nitrogens is 2. The zero-order valence-corrected chi connectivity index (χ0v) is 21.9. The third kappa shape index (κ3) is 4.34. The van der Waals surface area contributed by atoms with Crippen molar-refractivity contribution in [2.75, 3.05) is 19.0 Å². The van der Waals surface area contributed by atoms with Gasteiger partial charge >= 0.3 is 6.03 Å².